The monoisotopic (exact) mass is 323 g/mol. The van der Waals surface area contributed by atoms with E-state index >= 15 is 0 Å². The Hall–Kier alpha value is -1.32. The van der Waals surface area contributed by atoms with E-state index in [-0.39, 0.29) is 5.91 Å². The van der Waals surface area contributed by atoms with Gasteiger partial charge in [-0.05, 0) is 37.3 Å². The second kappa shape index (κ2) is 5.55. The van der Waals surface area contributed by atoms with E-state index in [1.165, 1.54) is 0 Å². The average molecular weight is 325 g/mol. The molecule has 0 bridgehead atoms. The molecule has 92 valence electrons. The van der Waals surface area contributed by atoms with Gasteiger partial charge in [0, 0.05) is 10.0 Å². The standard InChI is InChI=1S/C14H11BrClNO/c1-9-2-4-10(5-3-9)14(18)17-13-8-11(15)6-7-12(13)16/h2-8H,1H3,(H,17,18). The number of halogens is 2. The summed E-state index contributed by atoms with van der Waals surface area (Å²) in [7, 11) is 0. The van der Waals surface area contributed by atoms with Crippen molar-refractivity contribution in [1.82, 2.24) is 0 Å². The minimum atomic E-state index is -0.171. The Morgan fingerprint density at radius 2 is 1.83 bits per heavy atom. The molecule has 0 atom stereocenters. The topological polar surface area (TPSA) is 29.1 Å². The lowest BCUT2D eigenvalue weighted by Crippen LogP contribution is -2.12. The molecule has 0 aromatic heterocycles. The van der Waals surface area contributed by atoms with Crippen LogP contribution in [-0.4, -0.2) is 5.91 Å². The molecule has 2 aromatic carbocycles. The van der Waals surface area contributed by atoms with Crippen LogP contribution in [0.3, 0.4) is 0 Å². The van der Waals surface area contributed by atoms with Gasteiger partial charge in [0.15, 0.2) is 0 Å². The molecule has 2 aromatic rings. The summed E-state index contributed by atoms with van der Waals surface area (Å²) in [6, 6.07) is 12.7. The van der Waals surface area contributed by atoms with Crippen LogP contribution in [0.5, 0.6) is 0 Å². The Morgan fingerprint density at radius 1 is 1.17 bits per heavy atom. The van der Waals surface area contributed by atoms with E-state index in [1.807, 2.05) is 25.1 Å². The first kappa shape index (κ1) is 13.1. The Labute approximate surface area is 119 Å². The SMILES string of the molecule is Cc1ccc(C(=O)Nc2cc(Br)ccc2Cl)cc1. The fourth-order valence-corrected chi connectivity index (χ4v) is 2.02. The Kier molecular flexibility index (Phi) is 4.04. The number of amides is 1. The molecule has 0 heterocycles. The number of anilines is 1. The van der Waals surface area contributed by atoms with Crippen LogP contribution < -0.4 is 5.32 Å². The summed E-state index contributed by atoms with van der Waals surface area (Å²) < 4.78 is 0.867. The van der Waals surface area contributed by atoms with Crippen LogP contribution in [-0.2, 0) is 0 Å². The summed E-state index contributed by atoms with van der Waals surface area (Å²) in [6.07, 6.45) is 0. The van der Waals surface area contributed by atoms with Gasteiger partial charge in [0.25, 0.3) is 5.91 Å². The van der Waals surface area contributed by atoms with Crippen molar-refractivity contribution in [3.63, 3.8) is 0 Å². The van der Waals surface area contributed by atoms with Gasteiger partial charge in [-0.3, -0.25) is 4.79 Å². The van der Waals surface area contributed by atoms with Crippen molar-refractivity contribution in [2.45, 2.75) is 6.92 Å². The Bertz CT molecular complexity index is 581. The number of nitrogens with one attached hydrogen (secondary N) is 1. The van der Waals surface area contributed by atoms with Crippen molar-refractivity contribution >= 4 is 39.1 Å². The van der Waals surface area contributed by atoms with Gasteiger partial charge in [0.05, 0.1) is 10.7 Å². The molecule has 0 saturated heterocycles. The maximum Gasteiger partial charge on any atom is 0.255 e. The molecule has 1 N–H and O–H groups in total. The maximum absolute atomic E-state index is 12.0. The largest absolute Gasteiger partial charge is 0.321 e. The molecule has 0 spiro atoms. The number of aryl methyl sites for hydroxylation is 1. The van der Waals surface area contributed by atoms with Crippen LogP contribution in [0.15, 0.2) is 46.9 Å². The third kappa shape index (κ3) is 3.12. The number of carbonyl (C=O) groups is 1. The van der Waals surface area contributed by atoms with E-state index in [0.29, 0.717) is 16.3 Å². The van der Waals surface area contributed by atoms with Gasteiger partial charge in [-0.2, -0.15) is 0 Å². The highest BCUT2D eigenvalue weighted by atomic mass is 79.9. The summed E-state index contributed by atoms with van der Waals surface area (Å²) in [6.45, 7) is 1.98. The number of carbonyl (C=O) groups excluding carboxylic acids is 1. The van der Waals surface area contributed by atoms with E-state index in [4.69, 9.17) is 11.6 Å². The fourth-order valence-electron chi connectivity index (χ4n) is 1.49. The zero-order valence-electron chi connectivity index (χ0n) is 9.71. The number of hydrogen-bond donors (Lipinski definition) is 1. The first-order valence-electron chi connectivity index (χ1n) is 5.39. The molecule has 0 saturated carbocycles. The summed E-state index contributed by atoms with van der Waals surface area (Å²) in [5, 5.41) is 3.30. The van der Waals surface area contributed by atoms with Gasteiger partial charge >= 0.3 is 0 Å². The van der Waals surface area contributed by atoms with E-state index < -0.39 is 0 Å². The zero-order chi connectivity index (χ0) is 13.1. The average Bonchev–Trinajstić information content (AvgIpc) is 2.34. The second-order valence-electron chi connectivity index (χ2n) is 3.94. The lowest BCUT2D eigenvalue weighted by Gasteiger charge is -2.08. The molecule has 4 heteroatoms. The van der Waals surface area contributed by atoms with Gasteiger partial charge in [-0.15, -0.1) is 0 Å². The van der Waals surface area contributed by atoms with Crippen molar-refractivity contribution in [3.8, 4) is 0 Å². The number of benzene rings is 2. The fraction of sp³-hybridized carbons (Fsp3) is 0.0714. The van der Waals surface area contributed by atoms with Crippen molar-refractivity contribution in [2.24, 2.45) is 0 Å². The van der Waals surface area contributed by atoms with Crippen molar-refractivity contribution < 1.29 is 4.79 Å². The Morgan fingerprint density at radius 3 is 2.50 bits per heavy atom. The lowest BCUT2D eigenvalue weighted by molar-refractivity contribution is 0.102. The van der Waals surface area contributed by atoms with Crippen LogP contribution in [0.4, 0.5) is 5.69 Å². The molecule has 0 aliphatic carbocycles. The summed E-state index contributed by atoms with van der Waals surface area (Å²) in [5.41, 5.74) is 2.32. The highest BCUT2D eigenvalue weighted by Gasteiger charge is 2.08. The molecular formula is C14H11BrClNO. The lowest BCUT2D eigenvalue weighted by atomic mass is 10.1. The minimum absolute atomic E-state index is 0.171. The highest BCUT2D eigenvalue weighted by molar-refractivity contribution is 9.10. The summed E-state index contributed by atoms with van der Waals surface area (Å²) in [5.74, 6) is -0.171. The Balaban J connectivity index is 2.21. The van der Waals surface area contributed by atoms with Crippen LogP contribution >= 0.6 is 27.5 Å². The van der Waals surface area contributed by atoms with Crippen molar-refractivity contribution in [2.75, 3.05) is 5.32 Å². The highest BCUT2D eigenvalue weighted by Crippen LogP contribution is 2.26. The van der Waals surface area contributed by atoms with E-state index in [1.54, 1.807) is 24.3 Å². The molecular weight excluding hydrogens is 314 g/mol. The van der Waals surface area contributed by atoms with Crippen molar-refractivity contribution in [3.05, 3.63) is 63.1 Å². The predicted octanol–water partition coefficient (Wildman–Crippen LogP) is 4.66. The molecule has 0 unspecified atom stereocenters. The van der Waals surface area contributed by atoms with Crippen molar-refractivity contribution in [1.29, 1.82) is 0 Å². The van der Waals surface area contributed by atoms with E-state index in [0.717, 1.165) is 10.0 Å². The predicted molar refractivity (Wildman–Crippen MR) is 78.3 cm³/mol. The van der Waals surface area contributed by atoms with Gasteiger partial charge in [-0.1, -0.05) is 45.2 Å². The minimum Gasteiger partial charge on any atom is -0.321 e. The van der Waals surface area contributed by atoms with Gasteiger partial charge in [0.2, 0.25) is 0 Å². The van der Waals surface area contributed by atoms with Crippen LogP contribution in [0.25, 0.3) is 0 Å². The number of rotatable bonds is 2. The van der Waals surface area contributed by atoms with Gasteiger partial charge in [-0.25, -0.2) is 0 Å². The first-order valence-corrected chi connectivity index (χ1v) is 6.56. The van der Waals surface area contributed by atoms with Crippen LogP contribution in [0.2, 0.25) is 5.02 Å². The molecule has 2 rings (SSSR count). The first-order chi connectivity index (χ1) is 8.56. The molecule has 0 aliphatic heterocycles. The summed E-state index contributed by atoms with van der Waals surface area (Å²) >= 11 is 9.36. The normalized spacial score (nSPS) is 10.2. The number of hydrogen-bond acceptors (Lipinski definition) is 1. The van der Waals surface area contributed by atoms with Crippen LogP contribution in [0.1, 0.15) is 15.9 Å². The zero-order valence-corrected chi connectivity index (χ0v) is 12.0. The quantitative estimate of drug-likeness (QED) is 0.855. The second-order valence-corrected chi connectivity index (χ2v) is 5.27. The van der Waals surface area contributed by atoms with Gasteiger partial charge in [0.1, 0.15) is 0 Å². The molecule has 2 nitrogen and oxygen atoms in total. The third-order valence-electron chi connectivity index (χ3n) is 2.49. The maximum atomic E-state index is 12.0. The molecule has 0 fully saturated rings. The van der Waals surface area contributed by atoms with E-state index in [9.17, 15) is 4.79 Å². The molecule has 1 amide bonds. The smallest absolute Gasteiger partial charge is 0.255 e. The molecule has 0 aliphatic rings. The summed E-state index contributed by atoms with van der Waals surface area (Å²) in [4.78, 5) is 12.0. The molecule has 0 radical (unpaired) electrons. The van der Waals surface area contributed by atoms with Gasteiger partial charge < -0.3 is 5.32 Å². The van der Waals surface area contributed by atoms with E-state index in [2.05, 4.69) is 21.2 Å². The third-order valence-corrected chi connectivity index (χ3v) is 3.31. The van der Waals surface area contributed by atoms with Crippen LogP contribution in [0, 0.1) is 6.92 Å². The molecule has 18 heavy (non-hydrogen) atoms.